The van der Waals surface area contributed by atoms with Gasteiger partial charge in [-0.3, -0.25) is 9.48 Å². The fourth-order valence-electron chi connectivity index (χ4n) is 3.71. The van der Waals surface area contributed by atoms with Crippen molar-refractivity contribution in [1.82, 2.24) is 9.78 Å². The van der Waals surface area contributed by atoms with E-state index in [0.717, 1.165) is 24.3 Å². The molecule has 132 valence electrons. The molecule has 2 aliphatic heterocycles. The van der Waals surface area contributed by atoms with Crippen LogP contribution in [0.5, 0.6) is 0 Å². The molecule has 0 bridgehead atoms. The molecule has 1 amide bonds. The summed E-state index contributed by atoms with van der Waals surface area (Å²) in [4.78, 5) is 13.2. The van der Waals surface area contributed by atoms with Crippen LogP contribution in [0.3, 0.4) is 0 Å². The van der Waals surface area contributed by atoms with Crippen molar-refractivity contribution in [3.63, 3.8) is 0 Å². The Labute approximate surface area is 147 Å². The maximum absolute atomic E-state index is 13.2. The van der Waals surface area contributed by atoms with Gasteiger partial charge in [0.2, 0.25) is 5.91 Å². The van der Waals surface area contributed by atoms with Gasteiger partial charge in [-0.1, -0.05) is 30.3 Å². The van der Waals surface area contributed by atoms with E-state index < -0.39 is 5.41 Å². The maximum atomic E-state index is 13.2. The Kier molecular flexibility index (Phi) is 4.55. The third-order valence-electron chi connectivity index (χ3n) is 5.25. The normalized spacial score (nSPS) is 22.6. The molecule has 1 atom stereocenters. The van der Waals surface area contributed by atoms with Crippen molar-refractivity contribution in [3.8, 4) is 0 Å². The first-order valence-corrected chi connectivity index (χ1v) is 8.85. The number of hydrogen-bond acceptors (Lipinski definition) is 4. The van der Waals surface area contributed by atoms with Gasteiger partial charge in [-0.25, -0.2) is 0 Å². The number of carbonyl (C=O) groups is 1. The molecule has 2 aromatic rings. The number of hydrogen-bond donors (Lipinski definition) is 1. The molecule has 25 heavy (non-hydrogen) atoms. The van der Waals surface area contributed by atoms with E-state index >= 15 is 0 Å². The van der Waals surface area contributed by atoms with Gasteiger partial charge < -0.3 is 14.8 Å². The van der Waals surface area contributed by atoms with E-state index in [1.54, 1.807) is 6.20 Å². The average Bonchev–Trinajstić information content (AvgIpc) is 3.34. The Hall–Kier alpha value is -2.18. The number of carbonyl (C=O) groups excluding carboxylic acids is 1. The lowest BCUT2D eigenvalue weighted by atomic mass is 9.73. The second-order valence-corrected chi connectivity index (χ2v) is 6.74. The highest BCUT2D eigenvalue weighted by molar-refractivity contribution is 5.99. The van der Waals surface area contributed by atoms with Gasteiger partial charge in [0.1, 0.15) is 0 Å². The Morgan fingerprint density at radius 3 is 2.68 bits per heavy atom. The molecule has 6 heteroatoms. The van der Waals surface area contributed by atoms with Crippen molar-refractivity contribution in [2.75, 3.05) is 31.7 Å². The monoisotopic (exact) mass is 341 g/mol. The lowest BCUT2D eigenvalue weighted by molar-refractivity contribution is -0.125. The van der Waals surface area contributed by atoms with Gasteiger partial charge in [-0.15, -0.1) is 0 Å². The molecule has 0 radical (unpaired) electrons. The van der Waals surface area contributed by atoms with Crippen LogP contribution in [0.25, 0.3) is 0 Å². The minimum Gasteiger partial charge on any atom is -0.381 e. The molecular weight excluding hydrogens is 318 g/mol. The molecule has 6 nitrogen and oxygen atoms in total. The highest BCUT2D eigenvalue weighted by atomic mass is 16.5. The Morgan fingerprint density at radius 2 is 1.96 bits per heavy atom. The van der Waals surface area contributed by atoms with Crippen LogP contribution >= 0.6 is 0 Å². The van der Waals surface area contributed by atoms with Crippen molar-refractivity contribution < 1.29 is 14.3 Å². The highest BCUT2D eigenvalue weighted by Crippen LogP contribution is 2.36. The summed E-state index contributed by atoms with van der Waals surface area (Å²) in [6.45, 7) is 2.64. The zero-order valence-corrected chi connectivity index (χ0v) is 14.2. The summed E-state index contributed by atoms with van der Waals surface area (Å²) in [6, 6.07) is 10.3. The van der Waals surface area contributed by atoms with Crippen molar-refractivity contribution in [1.29, 1.82) is 0 Å². The minimum absolute atomic E-state index is 0.0178. The largest absolute Gasteiger partial charge is 0.381 e. The first kappa shape index (κ1) is 16.3. The van der Waals surface area contributed by atoms with Crippen LogP contribution < -0.4 is 5.32 Å². The third kappa shape index (κ3) is 3.19. The Morgan fingerprint density at radius 1 is 1.16 bits per heavy atom. The lowest BCUT2D eigenvalue weighted by Gasteiger charge is -2.36. The van der Waals surface area contributed by atoms with E-state index in [4.69, 9.17) is 9.47 Å². The summed E-state index contributed by atoms with van der Waals surface area (Å²) in [5.74, 6) is 0.0178. The summed E-state index contributed by atoms with van der Waals surface area (Å²) < 4.78 is 12.8. The smallest absolute Gasteiger partial charge is 0.235 e. The van der Waals surface area contributed by atoms with Crippen LogP contribution in [-0.2, 0) is 19.7 Å². The molecule has 2 saturated heterocycles. The molecule has 0 aliphatic carbocycles. The zero-order valence-electron chi connectivity index (χ0n) is 14.2. The second-order valence-electron chi connectivity index (χ2n) is 6.74. The van der Waals surface area contributed by atoms with Crippen molar-refractivity contribution in [2.24, 2.45) is 0 Å². The first-order valence-electron chi connectivity index (χ1n) is 8.85. The van der Waals surface area contributed by atoms with Gasteiger partial charge in [0.05, 0.1) is 29.9 Å². The third-order valence-corrected chi connectivity index (χ3v) is 5.25. The van der Waals surface area contributed by atoms with E-state index in [-0.39, 0.29) is 11.9 Å². The van der Waals surface area contributed by atoms with E-state index in [0.29, 0.717) is 32.7 Å². The SMILES string of the molecule is O=C(Nc1cnn([C@@H]2CCOC2)c1)C1(c2ccccc2)CCOCC1. The van der Waals surface area contributed by atoms with Gasteiger partial charge in [0.15, 0.2) is 0 Å². The molecule has 0 saturated carbocycles. The molecular formula is C19H23N3O3. The topological polar surface area (TPSA) is 65.4 Å². The van der Waals surface area contributed by atoms with Crippen LogP contribution in [0, 0.1) is 0 Å². The average molecular weight is 341 g/mol. The molecule has 1 aromatic heterocycles. The van der Waals surface area contributed by atoms with Gasteiger partial charge in [0.25, 0.3) is 0 Å². The Bertz CT molecular complexity index is 717. The summed E-state index contributed by atoms with van der Waals surface area (Å²) >= 11 is 0. The highest BCUT2D eigenvalue weighted by Gasteiger charge is 2.41. The predicted octanol–water partition coefficient (Wildman–Crippen LogP) is 2.53. The molecule has 2 aliphatic rings. The molecule has 0 spiro atoms. The molecule has 4 rings (SSSR count). The number of nitrogens with one attached hydrogen (secondary N) is 1. The quantitative estimate of drug-likeness (QED) is 0.928. The zero-order chi connectivity index (χ0) is 17.1. The fraction of sp³-hybridized carbons (Fsp3) is 0.474. The fourth-order valence-corrected chi connectivity index (χ4v) is 3.71. The predicted molar refractivity (Wildman–Crippen MR) is 93.5 cm³/mol. The summed E-state index contributed by atoms with van der Waals surface area (Å²) in [7, 11) is 0. The van der Waals surface area contributed by atoms with Crippen LogP contribution in [0.4, 0.5) is 5.69 Å². The lowest BCUT2D eigenvalue weighted by Crippen LogP contribution is -2.44. The van der Waals surface area contributed by atoms with Crippen LogP contribution in [-0.4, -0.2) is 42.1 Å². The standard InChI is InChI=1S/C19H23N3O3/c23-18(21-16-12-20-22(13-16)17-6-9-25-14-17)19(7-10-24-11-8-19)15-4-2-1-3-5-15/h1-5,12-13,17H,6-11,14H2,(H,21,23)/t17-/m1/s1. The maximum Gasteiger partial charge on any atom is 0.235 e. The summed E-state index contributed by atoms with van der Waals surface area (Å²) in [5, 5.41) is 7.47. The van der Waals surface area contributed by atoms with E-state index in [1.165, 1.54) is 0 Å². The van der Waals surface area contributed by atoms with Crippen LogP contribution in [0.15, 0.2) is 42.7 Å². The molecule has 1 N–H and O–H groups in total. The van der Waals surface area contributed by atoms with Crippen molar-refractivity contribution in [3.05, 3.63) is 48.3 Å². The van der Waals surface area contributed by atoms with Crippen LogP contribution in [0.1, 0.15) is 30.9 Å². The molecule has 0 unspecified atom stereocenters. The molecule has 2 fully saturated rings. The minimum atomic E-state index is -0.544. The number of rotatable bonds is 4. The van der Waals surface area contributed by atoms with E-state index in [1.807, 2.05) is 41.2 Å². The second kappa shape index (κ2) is 6.98. The van der Waals surface area contributed by atoms with E-state index in [2.05, 4.69) is 10.4 Å². The number of ether oxygens (including phenoxy) is 2. The van der Waals surface area contributed by atoms with Crippen molar-refractivity contribution in [2.45, 2.75) is 30.7 Å². The number of aromatic nitrogens is 2. The summed E-state index contributed by atoms with van der Waals surface area (Å²) in [5.41, 5.74) is 1.24. The van der Waals surface area contributed by atoms with Crippen molar-refractivity contribution >= 4 is 11.6 Å². The Balaban J connectivity index is 1.55. The number of nitrogens with zero attached hydrogens (tertiary/aromatic N) is 2. The number of benzene rings is 1. The number of anilines is 1. The van der Waals surface area contributed by atoms with E-state index in [9.17, 15) is 4.79 Å². The summed E-state index contributed by atoms with van der Waals surface area (Å²) in [6.07, 6.45) is 5.95. The molecule has 1 aromatic carbocycles. The van der Waals surface area contributed by atoms with Gasteiger partial charge in [-0.2, -0.15) is 5.10 Å². The van der Waals surface area contributed by atoms with Gasteiger partial charge in [0, 0.05) is 26.0 Å². The van der Waals surface area contributed by atoms with Gasteiger partial charge in [-0.05, 0) is 24.8 Å². The number of amides is 1. The first-order chi connectivity index (χ1) is 12.3. The van der Waals surface area contributed by atoms with Gasteiger partial charge >= 0.3 is 0 Å². The molecule has 3 heterocycles. The van der Waals surface area contributed by atoms with Crippen LogP contribution in [0.2, 0.25) is 0 Å².